The molecular formula is C28H27ClFN9. The Balaban J connectivity index is 1.53. The van der Waals surface area contributed by atoms with Gasteiger partial charge in [0.05, 0.1) is 36.5 Å². The maximum atomic E-state index is 16.4. The van der Waals surface area contributed by atoms with Crippen LogP contribution in [0.1, 0.15) is 27.8 Å². The van der Waals surface area contributed by atoms with Crippen LogP contribution >= 0.6 is 11.6 Å². The lowest BCUT2D eigenvalue weighted by molar-refractivity contribution is 0.370. The van der Waals surface area contributed by atoms with Crippen LogP contribution < -0.4 is 10.5 Å². The number of aromatic nitrogens is 3. The van der Waals surface area contributed by atoms with E-state index in [-0.39, 0.29) is 5.82 Å². The second-order valence-corrected chi connectivity index (χ2v) is 9.62. The average Bonchev–Trinajstić information content (AvgIpc) is 3.59. The molecule has 4 aromatic rings. The zero-order valence-corrected chi connectivity index (χ0v) is 22.3. The molecule has 0 aliphatic carbocycles. The lowest BCUT2D eigenvalue weighted by atomic mass is 9.96. The minimum absolute atomic E-state index is 0.343. The van der Waals surface area contributed by atoms with Gasteiger partial charge in [-0.05, 0) is 65.4 Å². The molecule has 11 heteroatoms. The molecule has 0 fully saturated rings. The molecule has 0 bridgehead atoms. The zero-order chi connectivity index (χ0) is 27.4. The fourth-order valence-electron chi connectivity index (χ4n) is 4.49. The quantitative estimate of drug-likeness (QED) is 0.222. The van der Waals surface area contributed by atoms with Crippen molar-refractivity contribution in [2.45, 2.75) is 19.8 Å². The molecule has 5 rings (SSSR count). The number of benzene rings is 3. The molecule has 2 heterocycles. The molecular weight excluding hydrogens is 517 g/mol. The molecule has 0 atom stereocenters. The summed E-state index contributed by atoms with van der Waals surface area (Å²) in [6, 6.07) is 15.2. The third kappa shape index (κ3) is 5.87. The van der Waals surface area contributed by atoms with Crippen LogP contribution in [0.2, 0.25) is 5.02 Å². The van der Waals surface area contributed by atoms with E-state index in [1.54, 1.807) is 29.8 Å². The molecule has 39 heavy (non-hydrogen) atoms. The third-order valence-corrected chi connectivity index (χ3v) is 6.53. The normalized spacial score (nSPS) is 13.5. The summed E-state index contributed by atoms with van der Waals surface area (Å²) in [6.07, 6.45) is 8.16. The van der Waals surface area contributed by atoms with Crippen LogP contribution in [0, 0.1) is 18.2 Å². The number of nitrogens with one attached hydrogen (secondary N) is 2. The summed E-state index contributed by atoms with van der Waals surface area (Å²) in [5.74, 6) is -0.344. The number of nitrogens with zero attached hydrogens (tertiary/aromatic N) is 7. The maximum Gasteiger partial charge on any atom is 0.153 e. The standard InChI is InChI=1S/C28H27ClFN9/c1-19-3-4-21(26(13-19)36-32-8-7-31)17-22-5-6-23(28(27(22)30)39-35-11-12-37(39)2)14-20-15-24(29)18-25(16-20)38-33-9-10-34-38/h3-11,13,15-16,18,31,36H,12,14,17H2,1-2H3/b31-7?,32-8-. The molecule has 0 amide bonds. The lowest BCUT2D eigenvalue weighted by Gasteiger charge is -2.27. The van der Waals surface area contributed by atoms with E-state index in [1.807, 2.05) is 61.4 Å². The van der Waals surface area contributed by atoms with Gasteiger partial charge in [-0.25, -0.2) is 4.39 Å². The number of hydrogen-bond donors (Lipinski definition) is 2. The minimum atomic E-state index is -0.344. The molecule has 0 radical (unpaired) electrons. The van der Waals surface area contributed by atoms with Gasteiger partial charge >= 0.3 is 0 Å². The van der Waals surface area contributed by atoms with Gasteiger partial charge in [-0.3, -0.25) is 5.43 Å². The highest BCUT2D eigenvalue weighted by Crippen LogP contribution is 2.34. The number of aryl methyl sites for hydroxylation is 1. The second kappa shape index (κ2) is 11.5. The molecule has 0 saturated carbocycles. The Morgan fingerprint density at radius 3 is 2.56 bits per heavy atom. The summed E-state index contributed by atoms with van der Waals surface area (Å²) < 4.78 is 16.4. The molecule has 198 valence electrons. The smallest absolute Gasteiger partial charge is 0.153 e. The number of anilines is 2. The summed E-state index contributed by atoms with van der Waals surface area (Å²) in [5, 5.41) is 28.0. The van der Waals surface area contributed by atoms with Crippen molar-refractivity contribution in [2.75, 3.05) is 24.1 Å². The average molecular weight is 544 g/mol. The molecule has 0 unspecified atom stereocenters. The van der Waals surface area contributed by atoms with Gasteiger partial charge in [0.25, 0.3) is 0 Å². The fourth-order valence-corrected chi connectivity index (χ4v) is 4.74. The summed E-state index contributed by atoms with van der Waals surface area (Å²) in [7, 11) is 1.87. The van der Waals surface area contributed by atoms with Gasteiger partial charge in [0.2, 0.25) is 0 Å². The Morgan fingerprint density at radius 1 is 1.05 bits per heavy atom. The molecule has 9 nitrogen and oxygen atoms in total. The van der Waals surface area contributed by atoms with Gasteiger partial charge in [-0.2, -0.15) is 35.3 Å². The van der Waals surface area contributed by atoms with Gasteiger partial charge in [-0.1, -0.05) is 35.9 Å². The number of hydrazone groups is 2. The Labute approximate surface area is 230 Å². The Hall–Kier alpha value is -4.41. The first-order valence-electron chi connectivity index (χ1n) is 12.3. The highest BCUT2D eigenvalue weighted by atomic mass is 35.5. The van der Waals surface area contributed by atoms with E-state index in [0.717, 1.165) is 39.8 Å². The van der Waals surface area contributed by atoms with Crippen LogP contribution in [-0.2, 0) is 12.8 Å². The molecule has 3 aromatic carbocycles. The molecule has 1 aliphatic rings. The Kier molecular flexibility index (Phi) is 7.76. The summed E-state index contributed by atoms with van der Waals surface area (Å²) in [5.41, 5.74) is 8.95. The van der Waals surface area contributed by atoms with Crippen molar-refractivity contribution < 1.29 is 4.39 Å². The van der Waals surface area contributed by atoms with E-state index in [2.05, 4.69) is 25.8 Å². The van der Waals surface area contributed by atoms with Gasteiger partial charge in [0, 0.05) is 30.9 Å². The van der Waals surface area contributed by atoms with Crippen molar-refractivity contribution >= 4 is 41.6 Å². The highest BCUT2D eigenvalue weighted by Gasteiger charge is 2.25. The summed E-state index contributed by atoms with van der Waals surface area (Å²) in [4.78, 5) is 1.50. The van der Waals surface area contributed by atoms with Gasteiger partial charge in [0.1, 0.15) is 5.69 Å². The monoisotopic (exact) mass is 543 g/mol. The lowest BCUT2D eigenvalue weighted by Crippen LogP contribution is -2.33. The Bertz CT molecular complexity index is 1550. The first-order valence-corrected chi connectivity index (χ1v) is 12.7. The number of halogens is 2. The van der Waals surface area contributed by atoms with E-state index < -0.39 is 0 Å². The largest absolute Gasteiger partial charge is 0.307 e. The van der Waals surface area contributed by atoms with E-state index in [4.69, 9.17) is 17.0 Å². The van der Waals surface area contributed by atoms with E-state index >= 15 is 4.39 Å². The third-order valence-electron chi connectivity index (χ3n) is 6.31. The molecule has 1 aromatic heterocycles. The van der Waals surface area contributed by atoms with E-state index in [0.29, 0.717) is 35.7 Å². The van der Waals surface area contributed by atoms with E-state index in [9.17, 15) is 0 Å². The van der Waals surface area contributed by atoms with Crippen LogP contribution in [-0.4, -0.2) is 52.2 Å². The second-order valence-electron chi connectivity index (χ2n) is 9.18. The van der Waals surface area contributed by atoms with Crippen molar-refractivity contribution in [2.24, 2.45) is 10.2 Å². The predicted molar refractivity (Wildman–Crippen MR) is 154 cm³/mol. The SMILES string of the molecule is Cc1ccc(Cc2ccc(Cc3cc(Cl)cc(-n4nccn4)c3)c(N3N=CCN3C)c2F)c(N/N=C\C=N)c1. The van der Waals surface area contributed by atoms with Crippen molar-refractivity contribution in [3.05, 3.63) is 99.6 Å². The van der Waals surface area contributed by atoms with Gasteiger partial charge in [-0.15, -0.1) is 0 Å². The van der Waals surface area contributed by atoms with Crippen LogP contribution in [0.4, 0.5) is 15.8 Å². The topological polar surface area (TPSA) is 97.8 Å². The molecule has 0 saturated heterocycles. The maximum absolute atomic E-state index is 16.4. The minimum Gasteiger partial charge on any atom is -0.307 e. The number of rotatable bonds is 9. The number of hydrogen-bond acceptors (Lipinski definition) is 8. The fraction of sp³-hybridized carbons (Fsp3) is 0.179. The van der Waals surface area contributed by atoms with Crippen LogP contribution in [0.5, 0.6) is 0 Å². The van der Waals surface area contributed by atoms with Crippen molar-refractivity contribution in [1.82, 2.24) is 20.0 Å². The summed E-state index contributed by atoms with van der Waals surface area (Å²) in [6.45, 7) is 2.56. The van der Waals surface area contributed by atoms with Crippen LogP contribution in [0.3, 0.4) is 0 Å². The van der Waals surface area contributed by atoms with Crippen molar-refractivity contribution in [3.8, 4) is 5.69 Å². The van der Waals surface area contributed by atoms with E-state index in [1.165, 1.54) is 11.0 Å². The van der Waals surface area contributed by atoms with Crippen LogP contribution in [0.25, 0.3) is 5.69 Å². The zero-order valence-electron chi connectivity index (χ0n) is 21.5. The Morgan fingerprint density at radius 2 is 1.82 bits per heavy atom. The first-order chi connectivity index (χ1) is 18.9. The van der Waals surface area contributed by atoms with Gasteiger partial charge in [0.15, 0.2) is 5.82 Å². The van der Waals surface area contributed by atoms with Crippen molar-refractivity contribution in [3.63, 3.8) is 0 Å². The molecule has 2 N–H and O–H groups in total. The predicted octanol–water partition coefficient (Wildman–Crippen LogP) is 5.25. The van der Waals surface area contributed by atoms with Crippen LogP contribution in [0.15, 0.2) is 71.1 Å². The van der Waals surface area contributed by atoms with Gasteiger partial charge < -0.3 is 5.41 Å². The van der Waals surface area contributed by atoms with Crippen molar-refractivity contribution in [1.29, 1.82) is 5.41 Å². The highest BCUT2D eigenvalue weighted by molar-refractivity contribution is 6.30. The summed E-state index contributed by atoms with van der Waals surface area (Å²) >= 11 is 6.43. The molecule has 1 aliphatic heterocycles. The first kappa shape index (κ1) is 26.2. The molecule has 0 spiro atoms. The number of hydrazine groups is 1.